The molecule has 0 atom stereocenters. The minimum Gasteiger partial charge on any atom is -0.496 e. The van der Waals surface area contributed by atoms with E-state index in [9.17, 15) is 9.59 Å². The molecule has 0 aliphatic heterocycles. The van der Waals surface area contributed by atoms with E-state index in [0.29, 0.717) is 28.0 Å². The summed E-state index contributed by atoms with van der Waals surface area (Å²) in [6.45, 7) is 2.00. The van der Waals surface area contributed by atoms with Crippen molar-refractivity contribution in [2.24, 2.45) is 7.05 Å². The van der Waals surface area contributed by atoms with Crippen molar-refractivity contribution in [2.45, 2.75) is 12.1 Å². The predicted octanol–water partition coefficient (Wildman–Crippen LogP) is 4.78. The summed E-state index contributed by atoms with van der Waals surface area (Å²) in [5.41, 5.74) is 3.84. The molecule has 35 heavy (non-hydrogen) atoms. The van der Waals surface area contributed by atoms with Gasteiger partial charge < -0.3 is 19.9 Å². The van der Waals surface area contributed by atoms with Gasteiger partial charge >= 0.3 is 0 Å². The third kappa shape index (κ3) is 5.88. The highest BCUT2D eigenvalue weighted by Gasteiger charge is 2.15. The second kappa shape index (κ2) is 10.9. The summed E-state index contributed by atoms with van der Waals surface area (Å²) < 4.78 is 7.10. The third-order valence-electron chi connectivity index (χ3n) is 5.26. The minimum absolute atomic E-state index is 0.112. The summed E-state index contributed by atoms with van der Waals surface area (Å²) >= 11 is 1.31. The van der Waals surface area contributed by atoms with Crippen molar-refractivity contribution in [3.8, 4) is 17.1 Å². The average molecular weight is 488 g/mol. The standard InChI is InChI=1S/C26H25N5O3S/c1-17-8-12-19(13-9-17)27-23(32)16-35-26-30-29-24(31(26)2)18-10-14-20(15-11-18)28-25(33)21-6-4-5-7-22(21)34-3/h4-15H,16H2,1-3H3,(H,27,32)(H,28,33). The van der Waals surface area contributed by atoms with E-state index in [4.69, 9.17) is 4.74 Å². The van der Waals surface area contributed by atoms with Crippen molar-refractivity contribution in [1.82, 2.24) is 14.8 Å². The number of nitrogens with zero attached hydrogens (tertiary/aromatic N) is 3. The molecule has 4 aromatic rings. The number of aromatic nitrogens is 3. The highest BCUT2D eigenvalue weighted by atomic mass is 32.2. The number of thioether (sulfide) groups is 1. The molecule has 8 nitrogen and oxygen atoms in total. The highest BCUT2D eigenvalue weighted by Crippen LogP contribution is 2.25. The fourth-order valence-electron chi connectivity index (χ4n) is 3.39. The van der Waals surface area contributed by atoms with Crippen LogP contribution in [0.2, 0.25) is 0 Å². The summed E-state index contributed by atoms with van der Waals surface area (Å²) in [4.78, 5) is 24.9. The van der Waals surface area contributed by atoms with Gasteiger partial charge in [0.25, 0.3) is 5.91 Å². The molecule has 1 aromatic heterocycles. The number of anilines is 2. The molecule has 1 heterocycles. The van der Waals surface area contributed by atoms with Gasteiger partial charge in [0.1, 0.15) is 5.75 Å². The lowest BCUT2D eigenvalue weighted by atomic mass is 10.1. The highest BCUT2D eigenvalue weighted by molar-refractivity contribution is 7.99. The van der Waals surface area contributed by atoms with Crippen LogP contribution in [0.5, 0.6) is 5.75 Å². The molecule has 0 saturated carbocycles. The zero-order valence-corrected chi connectivity index (χ0v) is 20.4. The fourth-order valence-corrected chi connectivity index (χ4v) is 4.10. The van der Waals surface area contributed by atoms with E-state index in [1.54, 1.807) is 30.3 Å². The minimum atomic E-state index is -0.253. The summed E-state index contributed by atoms with van der Waals surface area (Å²) in [6.07, 6.45) is 0. The van der Waals surface area contributed by atoms with Crippen LogP contribution in [0, 0.1) is 6.92 Å². The van der Waals surface area contributed by atoms with Gasteiger partial charge in [-0.1, -0.05) is 41.6 Å². The Morgan fingerprint density at radius 2 is 1.57 bits per heavy atom. The van der Waals surface area contributed by atoms with E-state index in [1.165, 1.54) is 18.9 Å². The molecule has 9 heteroatoms. The van der Waals surface area contributed by atoms with Gasteiger partial charge in [0.2, 0.25) is 5.91 Å². The van der Waals surface area contributed by atoms with E-state index < -0.39 is 0 Å². The third-order valence-corrected chi connectivity index (χ3v) is 6.28. The Kier molecular flexibility index (Phi) is 7.47. The van der Waals surface area contributed by atoms with Gasteiger partial charge in [-0.15, -0.1) is 10.2 Å². The number of carbonyl (C=O) groups excluding carboxylic acids is 2. The fraction of sp³-hybridized carbons (Fsp3) is 0.154. The van der Waals surface area contributed by atoms with Crippen LogP contribution in [0.3, 0.4) is 0 Å². The molecule has 0 fully saturated rings. The smallest absolute Gasteiger partial charge is 0.259 e. The van der Waals surface area contributed by atoms with E-state index in [1.807, 2.05) is 61.0 Å². The summed E-state index contributed by atoms with van der Waals surface area (Å²) in [5.74, 6) is 1.02. The molecule has 2 N–H and O–H groups in total. The van der Waals surface area contributed by atoms with Crippen molar-refractivity contribution in [1.29, 1.82) is 0 Å². The van der Waals surface area contributed by atoms with Crippen LogP contribution < -0.4 is 15.4 Å². The van der Waals surface area contributed by atoms with Crippen LogP contribution in [-0.2, 0) is 11.8 Å². The maximum Gasteiger partial charge on any atom is 0.259 e. The first-order chi connectivity index (χ1) is 16.9. The predicted molar refractivity (Wildman–Crippen MR) is 138 cm³/mol. The number of benzene rings is 3. The van der Waals surface area contributed by atoms with Gasteiger partial charge in [-0.05, 0) is 55.5 Å². The van der Waals surface area contributed by atoms with Gasteiger partial charge in [0, 0.05) is 24.0 Å². The van der Waals surface area contributed by atoms with Crippen molar-refractivity contribution in [3.05, 3.63) is 83.9 Å². The summed E-state index contributed by atoms with van der Waals surface area (Å²) in [6, 6.07) is 22.0. The Balaban J connectivity index is 1.37. The number of carbonyl (C=O) groups is 2. The maximum absolute atomic E-state index is 12.6. The van der Waals surface area contributed by atoms with Gasteiger partial charge in [0.05, 0.1) is 18.4 Å². The number of methoxy groups -OCH3 is 1. The molecule has 2 amide bonds. The lowest BCUT2D eigenvalue weighted by Gasteiger charge is -2.10. The molecule has 0 bridgehead atoms. The van der Waals surface area contributed by atoms with Crippen molar-refractivity contribution in [2.75, 3.05) is 23.5 Å². The Morgan fingerprint density at radius 3 is 2.29 bits per heavy atom. The average Bonchev–Trinajstić information content (AvgIpc) is 3.24. The number of rotatable bonds is 8. The topological polar surface area (TPSA) is 98.1 Å². The van der Waals surface area contributed by atoms with Gasteiger partial charge in [-0.2, -0.15) is 0 Å². The Morgan fingerprint density at radius 1 is 0.914 bits per heavy atom. The first-order valence-electron chi connectivity index (χ1n) is 10.9. The van der Waals surface area contributed by atoms with Crippen molar-refractivity contribution >= 4 is 35.0 Å². The summed E-state index contributed by atoms with van der Waals surface area (Å²) in [7, 11) is 3.39. The van der Waals surface area contributed by atoms with E-state index in [-0.39, 0.29) is 17.6 Å². The normalized spacial score (nSPS) is 10.6. The van der Waals surface area contributed by atoms with Gasteiger partial charge in [-0.3, -0.25) is 9.59 Å². The quantitative estimate of drug-likeness (QED) is 0.347. The Hall–Kier alpha value is -4.11. The molecule has 0 aliphatic carbocycles. The largest absolute Gasteiger partial charge is 0.496 e. The maximum atomic E-state index is 12.6. The monoisotopic (exact) mass is 487 g/mol. The molecule has 3 aromatic carbocycles. The number of ether oxygens (including phenoxy) is 1. The van der Waals surface area contributed by atoms with Crippen molar-refractivity contribution < 1.29 is 14.3 Å². The second-order valence-corrected chi connectivity index (χ2v) is 8.74. The van der Waals surface area contributed by atoms with E-state index >= 15 is 0 Å². The zero-order valence-electron chi connectivity index (χ0n) is 19.6. The molecular formula is C26H25N5O3S. The molecule has 0 radical (unpaired) electrons. The van der Waals surface area contributed by atoms with Crippen LogP contribution in [0.4, 0.5) is 11.4 Å². The Labute approximate surface area is 207 Å². The van der Waals surface area contributed by atoms with Crippen molar-refractivity contribution in [3.63, 3.8) is 0 Å². The molecule has 0 spiro atoms. The molecule has 0 unspecified atom stereocenters. The Bertz CT molecular complexity index is 1330. The van der Waals surface area contributed by atoms with E-state index in [2.05, 4.69) is 20.8 Å². The van der Waals surface area contributed by atoms with Crippen LogP contribution in [-0.4, -0.2) is 39.4 Å². The number of hydrogen-bond donors (Lipinski definition) is 2. The van der Waals surface area contributed by atoms with E-state index in [0.717, 1.165) is 16.8 Å². The van der Waals surface area contributed by atoms with Crippen LogP contribution in [0.15, 0.2) is 78.0 Å². The number of hydrogen-bond acceptors (Lipinski definition) is 6. The lowest BCUT2D eigenvalue weighted by molar-refractivity contribution is -0.113. The van der Waals surface area contributed by atoms with Gasteiger partial charge in [0.15, 0.2) is 11.0 Å². The van der Waals surface area contributed by atoms with Crippen LogP contribution >= 0.6 is 11.8 Å². The molecular weight excluding hydrogens is 462 g/mol. The first-order valence-corrected chi connectivity index (χ1v) is 11.9. The van der Waals surface area contributed by atoms with Crippen LogP contribution in [0.25, 0.3) is 11.4 Å². The molecule has 0 saturated heterocycles. The zero-order chi connectivity index (χ0) is 24.8. The SMILES string of the molecule is COc1ccccc1C(=O)Nc1ccc(-c2nnc(SCC(=O)Nc3ccc(C)cc3)n2C)cc1. The molecule has 0 aliphatic rings. The van der Waals surface area contributed by atoms with Crippen LogP contribution in [0.1, 0.15) is 15.9 Å². The number of para-hydroxylation sites is 1. The second-order valence-electron chi connectivity index (χ2n) is 7.80. The number of nitrogens with one attached hydrogen (secondary N) is 2. The first kappa shape index (κ1) is 24.0. The molecule has 4 rings (SSSR count). The number of amides is 2. The van der Waals surface area contributed by atoms with Gasteiger partial charge in [-0.25, -0.2) is 0 Å². The lowest BCUT2D eigenvalue weighted by Crippen LogP contribution is -2.14. The molecule has 178 valence electrons. The number of aryl methyl sites for hydroxylation is 1. The summed E-state index contributed by atoms with van der Waals surface area (Å²) in [5, 5.41) is 14.9.